The highest BCUT2D eigenvalue weighted by molar-refractivity contribution is 5.78. The Labute approximate surface area is 87.1 Å². The predicted octanol–water partition coefficient (Wildman–Crippen LogP) is 1.19. The molecule has 0 saturated carbocycles. The van der Waals surface area contributed by atoms with Crippen molar-refractivity contribution in [2.24, 2.45) is 5.92 Å². The van der Waals surface area contributed by atoms with Gasteiger partial charge in [-0.25, -0.2) is 0 Å². The highest BCUT2D eigenvalue weighted by Crippen LogP contribution is 2.15. The van der Waals surface area contributed by atoms with Gasteiger partial charge in [-0.3, -0.25) is 4.79 Å². The van der Waals surface area contributed by atoms with E-state index in [4.69, 9.17) is 0 Å². The van der Waals surface area contributed by atoms with Crippen LogP contribution < -0.4 is 0 Å². The summed E-state index contributed by atoms with van der Waals surface area (Å²) in [5, 5.41) is 0. The molecular weight excluding hydrogens is 176 g/mol. The molecule has 0 aliphatic carbocycles. The first kappa shape index (κ1) is 11.5. The molecule has 14 heavy (non-hydrogen) atoms. The summed E-state index contributed by atoms with van der Waals surface area (Å²) in [5.41, 5.74) is 0. The lowest BCUT2D eigenvalue weighted by molar-refractivity contribution is -0.135. The standard InChI is InChI=1S/C11H22N2O/c1-5-13-7-6-10(8-13)12(4)11(14)9(2)3/h9-10H,5-8H2,1-4H3. The molecule has 0 bridgehead atoms. The highest BCUT2D eigenvalue weighted by atomic mass is 16.2. The number of carbonyl (C=O) groups excluding carboxylic acids is 1. The number of nitrogens with zero attached hydrogens (tertiary/aromatic N) is 2. The largest absolute Gasteiger partial charge is 0.341 e. The van der Waals surface area contributed by atoms with Crippen molar-refractivity contribution >= 4 is 5.91 Å². The van der Waals surface area contributed by atoms with E-state index in [1.165, 1.54) is 0 Å². The molecule has 0 radical (unpaired) electrons. The number of likely N-dealkylation sites (N-methyl/N-ethyl adjacent to an activating group) is 2. The van der Waals surface area contributed by atoms with E-state index in [1.54, 1.807) is 0 Å². The Hall–Kier alpha value is -0.570. The highest BCUT2D eigenvalue weighted by Gasteiger charge is 2.28. The van der Waals surface area contributed by atoms with Crippen LogP contribution in [0.5, 0.6) is 0 Å². The minimum Gasteiger partial charge on any atom is -0.341 e. The quantitative estimate of drug-likeness (QED) is 0.680. The molecule has 3 heteroatoms. The minimum atomic E-state index is 0.121. The summed E-state index contributed by atoms with van der Waals surface area (Å²) in [6.07, 6.45) is 1.13. The average Bonchev–Trinajstić information content (AvgIpc) is 2.63. The molecule has 3 nitrogen and oxygen atoms in total. The van der Waals surface area contributed by atoms with Crippen LogP contribution in [0.4, 0.5) is 0 Å². The van der Waals surface area contributed by atoms with Crippen molar-refractivity contribution in [3.63, 3.8) is 0 Å². The Morgan fingerprint density at radius 2 is 2.21 bits per heavy atom. The molecule has 0 aromatic heterocycles. The van der Waals surface area contributed by atoms with Crippen LogP contribution in [-0.2, 0) is 4.79 Å². The number of likely N-dealkylation sites (tertiary alicyclic amines) is 1. The summed E-state index contributed by atoms with van der Waals surface area (Å²) in [6.45, 7) is 9.38. The summed E-state index contributed by atoms with van der Waals surface area (Å²) in [6, 6.07) is 0.435. The van der Waals surface area contributed by atoms with Crippen LogP contribution >= 0.6 is 0 Å². The molecule has 1 fully saturated rings. The van der Waals surface area contributed by atoms with Crippen LogP contribution in [0.25, 0.3) is 0 Å². The molecule has 1 rings (SSSR count). The number of hydrogen-bond acceptors (Lipinski definition) is 2. The van der Waals surface area contributed by atoms with Crippen LogP contribution in [0.1, 0.15) is 27.2 Å². The summed E-state index contributed by atoms with van der Waals surface area (Å²) in [5.74, 6) is 0.392. The fourth-order valence-electron chi connectivity index (χ4n) is 2.00. The summed E-state index contributed by atoms with van der Waals surface area (Å²) >= 11 is 0. The molecule has 1 aliphatic rings. The van der Waals surface area contributed by atoms with E-state index in [-0.39, 0.29) is 11.8 Å². The number of amides is 1. The third kappa shape index (κ3) is 2.47. The number of rotatable bonds is 3. The zero-order chi connectivity index (χ0) is 10.7. The first-order chi connectivity index (χ1) is 6.56. The Balaban J connectivity index is 2.46. The zero-order valence-corrected chi connectivity index (χ0v) is 9.79. The number of hydrogen-bond donors (Lipinski definition) is 0. The second kappa shape index (κ2) is 4.78. The Kier molecular flexibility index (Phi) is 3.93. The minimum absolute atomic E-state index is 0.121. The van der Waals surface area contributed by atoms with Crippen LogP contribution in [0, 0.1) is 5.92 Å². The van der Waals surface area contributed by atoms with Gasteiger partial charge in [0.2, 0.25) is 5.91 Å². The van der Waals surface area contributed by atoms with Crippen LogP contribution in [0.3, 0.4) is 0 Å². The van der Waals surface area contributed by atoms with Gasteiger partial charge in [0.15, 0.2) is 0 Å². The van der Waals surface area contributed by atoms with Gasteiger partial charge in [-0.15, -0.1) is 0 Å². The third-order valence-corrected chi connectivity index (χ3v) is 3.08. The van der Waals surface area contributed by atoms with Gasteiger partial charge in [-0.2, -0.15) is 0 Å². The second-order valence-electron chi connectivity index (χ2n) is 4.44. The zero-order valence-electron chi connectivity index (χ0n) is 9.79. The molecule has 82 valence electrons. The van der Waals surface area contributed by atoms with Gasteiger partial charge in [-0.1, -0.05) is 20.8 Å². The van der Waals surface area contributed by atoms with Gasteiger partial charge in [0.1, 0.15) is 0 Å². The monoisotopic (exact) mass is 198 g/mol. The maximum absolute atomic E-state index is 11.7. The van der Waals surface area contributed by atoms with Crippen molar-refractivity contribution in [3.05, 3.63) is 0 Å². The van der Waals surface area contributed by atoms with Gasteiger partial charge >= 0.3 is 0 Å². The van der Waals surface area contributed by atoms with Crippen molar-refractivity contribution in [2.75, 3.05) is 26.7 Å². The van der Waals surface area contributed by atoms with E-state index in [1.807, 2.05) is 25.8 Å². The van der Waals surface area contributed by atoms with Crippen LogP contribution in [0.2, 0.25) is 0 Å². The lowest BCUT2D eigenvalue weighted by Gasteiger charge is -2.26. The van der Waals surface area contributed by atoms with Gasteiger partial charge in [0.25, 0.3) is 0 Å². The first-order valence-electron chi connectivity index (χ1n) is 5.55. The third-order valence-electron chi connectivity index (χ3n) is 3.08. The molecule has 0 spiro atoms. The summed E-state index contributed by atoms with van der Waals surface area (Å²) in [7, 11) is 1.94. The molecule has 1 unspecified atom stereocenters. The van der Waals surface area contributed by atoms with Crippen molar-refractivity contribution in [1.82, 2.24) is 9.80 Å². The lowest BCUT2D eigenvalue weighted by Crippen LogP contribution is -2.41. The van der Waals surface area contributed by atoms with E-state index < -0.39 is 0 Å². The molecule has 1 aliphatic heterocycles. The maximum atomic E-state index is 11.7. The average molecular weight is 198 g/mol. The van der Waals surface area contributed by atoms with Gasteiger partial charge in [0.05, 0.1) is 0 Å². The molecule has 0 N–H and O–H groups in total. The Bertz CT molecular complexity index is 203. The van der Waals surface area contributed by atoms with Crippen LogP contribution in [0.15, 0.2) is 0 Å². The second-order valence-corrected chi connectivity index (χ2v) is 4.44. The molecular formula is C11H22N2O. The molecule has 1 saturated heterocycles. The van der Waals surface area contributed by atoms with Crippen LogP contribution in [-0.4, -0.2) is 48.4 Å². The van der Waals surface area contributed by atoms with E-state index in [0.717, 1.165) is 26.1 Å². The van der Waals surface area contributed by atoms with Gasteiger partial charge in [-0.05, 0) is 13.0 Å². The molecule has 1 amide bonds. The summed E-state index contributed by atoms with van der Waals surface area (Å²) in [4.78, 5) is 16.1. The Morgan fingerprint density at radius 1 is 1.57 bits per heavy atom. The predicted molar refractivity (Wildman–Crippen MR) is 58.1 cm³/mol. The van der Waals surface area contributed by atoms with Gasteiger partial charge < -0.3 is 9.80 Å². The van der Waals surface area contributed by atoms with Crippen molar-refractivity contribution < 1.29 is 4.79 Å². The van der Waals surface area contributed by atoms with E-state index in [2.05, 4.69) is 11.8 Å². The lowest BCUT2D eigenvalue weighted by atomic mass is 10.1. The fourth-order valence-corrected chi connectivity index (χ4v) is 2.00. The first-order valence-corrected chi connectivity index (χ1v) is 5.55. The maximum Gasteiger partial charge on any atom is 0.225 e. The van der Waals surface area contributed by atoms with Crippen molar-refractivity contribution in [1.29, 1.82) is 0 Å². The fraction of sp³-hybridized carbons (Fsp3) is 0.909. The Morgan fingerprint density at radius 3 is 2.64 bits per heavy atom. The smallest absolute Gasteiger partial charge is 0.225 e. The normalized spacial score (nSPS) is 23.1. The molecule has 1 heterocycles. The molecule has 1 atom stereocenters. The molecule has 0 aromatic carbocycles. The SMILES string of the molecule is CCN1CCC(N(C)C(=O)C(C)C)C1. The van der Waals surface area contributed by atoms with Crippen molar-refractivity contribution in [3.8, 4) is 0 Å². The van der Waals surface area contributed by atoms with Gasteiger partial charge in [0, 0.05) is 32.1 Å². The van der Waals surface area contributed by atoms with E-state index in [9.17, 15) is 4.79 Å². The van der Waals surface area contributed by atoms with E-state index in [0.29, 0.717) is 6.04 Å². The van der Waals surface area contributed by atoms with E-state index >= 15 is 0 Å². The van der Waals surface area contributed by atoms with Crippen molar-refractivity contribution in [2.45, 2.75) is 33.2 Å². The number of carbonyl (C=O) groups is 1. The molecule has 0 aromatic rings. The summed E-state index contributed by atoms with van der Waals surface area (Å²) < 4.78 is 0. The topological polar surface area (TPSA) is 23.6 Å².